The van der Waals surface area contributed by atoms with Crippen LogP contribution in [0, 0.1) is 26.9 Å². The van der Waals surface area contributed by atoms with Crippen molar-refractivity contribution in [2.45, 2.75) is 54.5 Å². The van der Waals surface area contributed by atoms with Crippen LogP contribution in [-0.2, 0) is 11.3 Å². The van der Waals surface area contributed by atoms with Gasteiger partial charge in [0.2, 0.25) is 5.91 Å². The summed E-state index contributed by atoms with van der Waals surface area (Å²) in [7, 11) is 0. The Labute approximate surface area is 156 Å². The first-order chi connectivity index (χ1) is 12.0. The average molecular weight is 364 g/mol. The molecule has 1 aromatic rings. The van der Waals surface area contributed by atoms with Gasteiger partial charge >= 0.3 is 0 Å². The molecule has 0 aliphatic rings. The van der Waals surface area contributed by atoms with E-state index in [1.54, 1.807) is 12.1 Å². The Morgan fingerprint density at radius 1 is 1.12 bits per heavy atom. The molecule has 146 valence electrons. The molecule has 0 radical (unpaired) electrons. The van der Waals surface area contributed by atoms with Crippen molar-refractivity contribution < 1.29 is 9.72 Å². The van der Waals surface area contributed by atoms with Crippen molar-refractivity contribution in [3.8, 4) is 0 Å². The van der Waals surface area contributed by atoms with Crippen molar-refractivity contribution >= 4 is 11.6 Å². The molecular formula is C20H33N3O3. The smallest absolute Gasteiger partial charge is 0.269 e. The van der Waals surface area contributed by atoms with Gasteiger partial charge < -0.3 is 10.6 Å². The van der Waals surface area contributed by atoms with E-state index in [4.69, 9.17) is 0 Å². The van der Waals surface area contributed by atoms with Crippen LogP contribution in [-0.4, -0.2) is 23.9 Å². The number of carbonyl (C=O) groups is 1. The molecule has 0 aliphatic heterocycles. The number of rotatable bonds is 10. The summed E-state index contributed by atoms with van der Waals surface area (Å²) in [5.41, 5.74) is 0.759. The second-order valence-corrected chi connectivity index (χ2v) is 8.56. The molecule has 0 unspecified atom stereocenters. The fourth-order valence-electron chi connectivity index (χ4n) is 2.90. The van der Waals surface area contributed by atoms with Crippen LogP contribution in [0.15, 0.2) is 24.3 Å². The molecule has 0 spiro atoms. The summed E-state index contributed by atoms with van der Waals surface area (Å²) >= 11 is 0. The molecule has 0 fully saturated rings. The van der Waals surface area contributed by atoms with E-state index >= 15 is 0 Å². The highest BCUT2D eigenvalue weighted by atomic mass is 16.6. The summed E-state index contributed by atoms with van der Waals surface area (Å²) in [6.45, 7) is 14.6. The molecule has 1 aromatic carbocycles. The Kier molecular flexibility index (Phi) is 7.75. The van der Waals surface area contributed by atoms with Gasteiger partial charge in [-0.1, -0.05) is 53.7 Å². The van der Waals surface area contributed by atoms with Gasteiger partial charge in [-0.3, -0.25) is 14.9 Å². The largest absolute Gasteiger partial charge is 0.354 e. The molecule has 1 rings (SSSR count). The van der Waals surface area contributed by atoms with Crippen LogP contribution in [0.25, 0.3) is 0 Å². The molecule has 0 heterocycles. The second kappa shape index (κ2) is 9.12. The molecule has 0 aromatic heterocycles. The van der Waals surface area contributed by atoms with Crippen molar-refractivity contribution in [3.05, 3.63) is 39.9 Å². The SMILES string of the molecule is CC(C)C(C)(C)CC(C)(C)C(=O)NCCNCc1ccc([N+](=O)[O-])cc1. The lowest BCUT2D eigenvalue weighted by Crippen LogP contribution is -2.42. The van der Waals surface area contributed by atoms with E-state index in [0.29, 0.717) is 25.6 Å². The van der Waals surface area contributed by atoms with Gasteiger partial charge in [-0.05, 0) is 23.3 Å². The van der Waals surface area contributed by atoms with Gasteiger partial charge in [-0.2, -0.15) is 0 Å². The highest BCUT2D eigenvalue weighted by Gasteiger charge is 2.35. The predicted octanol–water partition coefficient (Wildman–Crippen LogP) is 3.90. The van der Waals surface area contributed by atoms with Crippen LogP contribution < -0.4 is 10.6 Å². The topological polar surface area (TPSA) is 84.3 Å². The minimum atomic E-state index is -0.411. The Bertz CT molecular complexity index is 607. The zero-order valence-electron chi connectivity index (χ0n) is 16.9. The maximum absolute atomic E-state index is 12.5. The quantitative estimate of drug-likeness (QED) is 0.375. The maximum atomic E-state index is 12.5. The highest BCUT2D eigenvalue weighted by Crippen LogP contribution is 2.39. The van der Waals surface area contributed by atoms with Crippen LogP contribution in [0.5, 0.6) is 0 Å². The fourth-order valence-corrected chi connectivity index (χ4v) is 2.90. The molecule has 26 heavy (non-hydrogen) atoms. The van der Waals surface area contributed by atoms with Crippen molar-refractivity contribution in [1.82, 2.24) is 10.6 Å². The van der Waals surface area contributed by atoms with E-state index in [2.05, 4.69) is 38.3 Å². The average Bonchev–Trinajstić information content (AvgIpc) is 2.53. The first-order valence-corrected chi connectivity index (χ1v) is 9.18. The summed E-state index contributed by atoms with van der Waals surface area (Å²) in [5.74, 6) is 0.585. The Hall–Kier alpha value is -1.95. The van der Waals surface area contributed by atoms with Crippen LogP contribution in [0.2, 0.25) is 0 Å². The number of benzene rings is 1. The van der Waals surface area contributed by atoms with Crippen molar-refractivity contribution in [2.75, 3.05) is 13.1 Å². The summed E-state index contributed by atoms with van der Waals surface area (Å²) in [5, 5.41) is 16.9. The van der Waals surface area contributed by atoms with Crippen LogP contribution in [0.1, 0.15) is 53.5 Å². The lowest BCUT2D eigenvalue weighted by atomic mass is 9.69. The van der Waals surface area contributed by atoms with E-state index in [0.717, 1.165) is 12.0 Å². The Morgan fingerprint density at radius 3 is 2.19 bits per heavy atom. The summed E-state index contributed by atoms with van der Waals surface area (Å²) < 4.78 is 0. The number of carbonyl (C=O) groups excluding carboxylic acids is 1. The molecule has 1 amide bonds. The zero-order chi connectivity index (χ0) is 20.0. The van der Waals surface area contributed by atoms with Crippen LogP contribution in [0.3, 0.4) is 0 Å². The number of nitrogens with one attached hydrogen (secondary N) is 2. The number of hydrogen-bond donors (Lipinski definition) is 2. The number of amides is 1. The van der Waals surface area contributed by atoms with E-state index in [1.165, 1.54) is 12.1 Å². The van der Waals surface area contributed by atoms with Crippen LogP contribution in [0.4, 0.5) is 5.69 Å². The summed E-state index contributed by atoms with van der Waals surface area (Å²) in [4.78, 5) is 22.7. The molecular weight excluding hydrogens is 330 g/mol. The number of hydrogen-bond acceptors (Lipinski definition) is 4. The third-order valence-electron chi connectivity index (χ3n) is 5.14. The normalized spacial score (nSPS) is 12.3. The molecule has 0 saturated carbocycles. The van der Waals surface area contributed by atoms with Gasteiger partial charge in [-0.15, -0.1) is 0 Å². The molecule has 0 aliphatic carbocycles. The summed E-state index contributed by atoms with van der Waals surface area (Å²) in [6.07, 6.45) is 0.833. The van der Waals surface area contributed by atoms with Crippen molar-refractivity contribution in [3.63, 3.8) is 0 Å². The molecule has 6 heteroatoms. The third kappa shape index (κ3) is 6.75. The Morgan fingerprint density at radius 2 is 1.69 bits per heavy atom. The number of non-ortho nitro benzene ring substituents is 1. The number of nitrogens with zero attached hydrogens (tertiary/aromatic N) is 1. The molecule has 0 bridgehead atoms. The highest BCUT2D eigenvalue weighted by molar-refractivity contribution is 5.81. The lowest BCUT2D eigenvalue weighted by molar-refractivity contribution is -0.384. The van der Waals surface area contributed by atoms with Gasteiger partial charge in [0.1, 0.15) is 0 Å². The molecule has 0 saturated heterocycles. The first kappa shape index (κ1) is 22.1. The van der Waals surface area contributed by atoms with E-state index in [-0.39, 0.29) is 17.0 Å². The molecule has 2 N–H and O–H groups in total. The zero-order valence-corrected chi connectivity index (χ0v) is 16.9. The first-order valence-electron chi connectivity index (χ1n) is 9.18. The summed E-state index contributed by atoms with van der Waals surface area (Å²) in [6, 6.07) is 6.47. The minimum absolute atomic E-state index is 0.0726. The minimum Gasteiger partial charge on any atom is -0.354 e. The molecule has 6 nitrogen and oxygen atoms in total. The van der Waals surface area contributed by atoms with Crippen molar-refractivity contribution in [1.29, 1.82) is 0 Å². The van der Waals surface area contributed by atoms with Gasteiger partial charge in [0.05, 0.1) is 4.92 Å². The third-order valence-corrected chi connectivity index (χ3v) is 5.14. The van der Waals surface area contributed by atoms with Gasteiger partial charge in [-0.25, -0.2) is 0 Å². The van der Waals surface area contributed by atoms with Gasteiger partial charge in [0, 0.05) is 37.2 Å². The monoisotopic (exact) mass is 363 g/mol. The fraction of sp³-hybridized carbons (Fsp3) is 0.650. The number of nitro benzene ring substituents is 1. The maximum Gasteiger partial charge on any atom is 0.269 e. The number of nitro groups is 1. The van der Waals surface area contributed by atoms with Crippen LogP contribution >= 0.6 is 0 Å². The second-order valence-electron chi connectivity index (χ2n) is 8.56. The Balaban J connectivity index is 2.36. The van der Waals surface area contributed by atoms with Crippen molar-refractivity contribution in [2.24, 2.45) is 16.7 Å². The van der Waals surface area contributed by atoms with E-state index < -0.39 is 10.3 Å². The standard InChI is InChI=1S/C20H33N3O3/c1-15(2)19(3,4)14-20(5,6)18(24)22-12-11-21-13-16-7-9-17(10-8-16)23(25)26/h7-10,15,21H,11-14H2,1-6H3,(H,22,24). The van der Waals surface area contributed by atoms with Gasteiger partial charge in [0.25, 0.3) is 5.69 Å². The predicted molar refractivity (Wildman–Crippen MR) is 105 cm³/mol. The lowest BCUT2D eigenvalue weighted by Gasteiger charge is -2.37. The van der Waals surface area contributed by atoms with E-state index in [9.17, 15) is 14.9 Å². The van der Waals surface area contributed by atoms with E-state index in [1.807, 2.05) is 13.8 Å². The molecule has 0 atom stereocenters. The van der Waals surface area contributed by atoms with Gasteiger partial charge in [0.15, 0.2) is 0 Å².